The standard InChI is InChI=1S/C22H19N6/c23-14-16-7-12-27(13-8-16)21-19-6-10-24-22(19)25-15-20(21)17-2-4-18(5-3-17)28-11-1-9-26-28/h1-6,9-12,15-16H,7-8,13H2,(H,24,25)/q+1. The van der Waals surface area contributed by atoms with Crippen molar-refractivity contribution in [2.45, 2.75) is 12.8 Å². The van der Waals surface area contributed by atoms with Crippen molar-refractivity contribution in [3.05, 3.63) is 61.2 Å². The molecule has 1 aromatic carbocycles. The van der Waals surface area contributed by atoms with Crippen molar-refractivity contribution in [2.75, 3.05) is 6.54 Å². The number of aromatic amines is 1. The quantitative estimate of drug-likeness (QED) is 0.555. The molecule has 4 aromatic rings. The Kier molecular flexibility index (Phi) is 3.99. The molecule has 6 nitrogen and oxygen atoms in total. The van der Waals surface area contributed by atoms with Crippen molar-refractivity contribution < 1.29 is 4.58 Å². The lowest BCUT2D eigenvalue weighted by Crippen LogP contribution is -2.20. The van der Waals surface area contributed by atoms with Crippen molar-refractivity contribution >= 4 is 22.9 Å². The number of pyridine rings is 1. The summed E-state index contributed by atoms with van der Waals surface area (Å²) in [5, 5.41) is 14.6. The highest BCUT2D eigenvalue weighted by atomic mass is 15.3. The first-order valence-corrected chi connectivity index (χ1v) is 9.39. The summed E-state index contributed by atoms with van der Waals surface area (Å²) in [5.41, 5.74) is 5.24. The minimum absolute atomic E-state index is 0.108. The number of aromatic nitrogens is 4. The molecule has 1 aliphatic rings. The van der Waals surface area contributed by atoms with Crippen LogP contribution in [0.4, 0.5) is 5.69 Å². The second kappa shape index (κ2) is 6.78. The number of H-pyrrole nitrogens is 1. The van der Waals surface area contributed by atoms with Crippen LogP contribution in [0, 0.1) is 17.2 Å². The molecule has 0 aliphatic carbocycles. The van der Waals surface area contributed by atoms with Gasteiger partial charge in [0.15, 0.2) is 0 Å². The molecule has 6 heteroatoms. The van der Waals surface area contributed by atoms with Crippen LogP contribution < -0.4 is 0 Å². The number of benzene rings is 1. The van der Waals surface area contributed by atoms with Gasteiger partial charge in [0.1, 0.15) is 18.4 Å². The third kappa shape index (κ3) is 2.78. The summed E-state index contributed by atoms with van der Waals surface area (Å²) in [6, 6.07) is 14.7. The van der Waals surface area contributed by atoms with E-state index in [2.05, 4.69) is 62.3 Å². The number of hydrogen-bond donors (Lipinski definition) is 1. The average molecular weight is 367 g/mol. The van der Waals surface area contributed by atoms with Gasteiger partial charge in [-0.1, -0.05) is 12.1 Å². The Bertz CT molecular complexity index is 1190. The van der Waals surface area contributed by atoms with Crippen molar-refractivity contribution in [1.82, 2.24) is 19.7 Å². The minimum atomic E-state index is 0.108. The Morgan fingerprint density at radius 1 is 1.21 bits per heavy atom. The number of nitriles is 1. The largest absolute Gasteiger partial charge is 0.346 e. The van der Waals surface area contributed by atoms with Crippen LogP contribution in [0.2, 0.25) is 0 Å². The van der Waals surface area contributed by atoms with E-state index in [1.54, 1.807) is 6.20 Å². The van der Waals surface area contributed by atoms with Crippen molar-refractivity contribution in [2.24, 2.45) is 5.92 Å². The molecule has 28 heavy (non-hydrogen) atoms. The fourth-order valence-electron chi connectivity index (χ4n) is 3.81. The topological polar surface area (TPSA) is 73.3 Å². The second-order valence-electron chi connectivity index (χ2n) is 6.98. The summed E-state index contributed by atoms with van der Waals surface area (Å²) in [6.45, 7) is 0.834. The summed E-state index contributed by atoms with van der Waals surface area (Å²) >= 11 is 0. The molecule has 3 aromatic heterocycles. The second-order valence-corrected chi connectivity index (χ2v) is 6.98. The number of rotatable bonds is 3. The number of nitrogens with zero attached hydrogens (tertiary/aromatic N) is 5. The molecular formula is C22H19N6+. The fourth-order valence-corrected chi connectivity index (χ4v) is 3.81. The van der Waals surface area contributed by atoms with E-state index >= 15 is 0 Å². The molecule has 1 unspecified atom stereocenters. The predicted molar refractivity (Wildman–Crippen MR) is 108 cm³/mol. The van der Waals surface area contributed by atoms with Crippen molar-refractivity contribution in [3.8, 4) is 22.9 Å². The van der Waals surface area contributed by atoms with E-state index in [1.807, 2.05) is 29.3 Å². The van der Waals surface area contributed by atoms with Gasteiger partial charge >= 0.3 is 0 Å². The van der Waals surface area contributed by atoms with Crippen LogP contribution in [0.5, 0.6) is 0 Å². The summed E-state index contributed by atoms with van der Waals surface area (Å²) in [4.78, 5) is 7.82. The van der Waals surface area contributed by atoms with Crippen molar-refractivity contribution in [1.29, 1.82) is 5.26 Å². The number of fused-ring (bicyclic) bond motifs is 1. The van der Waals surface area contributed by atoms with Crippen LogP contribution >= 0.6 is 0 Å². The van der Waals surface area contributed by atoms with E-state index in [-0.39, 0.29) is 5.92 Å². The van der Waals surface area contributed by atoms with Gasteiger partial charge in [0.25, 0.3) is 0 Å². The molecule has 1 aliphatic heterocycles. The molecule has 4 heterocycles. The van der Waals surface area contributed by atoms with E-state index < -0.39 is 0 Å². The first-order valence-electron chi connectivity index (χ1n) is 9.39. The normalized spacial score (nSPS) is 16.7. The molecule has 0 bridgehead atoms. The number of nitrogens with one attached hydrogen (secondary N) is 1. The third-order valence-corrected chi connectivity index (χ3v) is 5.30. The van der Waals surface area contributed by atoms with E-state index in [4.69, 9.17) is 0 Å². The zero-order valence-corrected chi connectivity index (χ0v) is 15.3. The molecule has 1 N–H and O–H groups in total. The SMILES string of the molecule is N#CC1CC=[N+](c2c(-c3ccc(-n4cccn4)cc3)cnc3[nH]ccc23)CC1. The molecule has 0 saturated heterocycles. The molecule has 136 valence electrons. The van der Waals surface area contributed by atoms with Gasteiger partial charge in [-0.05, 0) is 29.8 Å². The monoisotopic (exact) mass is 367 g/mol. The highest BCUT2D eigenvalue weighted by Gasteiger charge is 2.26. The summed E-state index contributed by atoms with van der Waals surface area (Å²) in [7, 11) is 0. The smallest absolute Gasteiger partial charge is 0.225 e. The predicted octanol–water partition coefficient (Wildman–Crippen LogP) is 4.06. The van der Waals surface area contributed by atoms with E-state index in [9.17, 15) is 5.26 Å². The lowest BCUT2D eigenvalue weighted by molar-refractivity contribution is -0.441. The van der Waals surface area contributed by atoms with Crippen LogP contribution in [0.25, 0.3) is 27.8 Å². The van der Waals surface area contributed by atoms with Gasteiger partial charge in [-0.2, -0.15) is 10.4 Å². The van der Waals surface area contributed by atoms with Crippen LogP contribution in [0.15, 0.2) is 61.2 Å². The summed E-state index contributed by atoms with van der Waals surface area (Å²) in [5.74, 6) is 0.108. The van der Waals surface area contributed by atoms with Crippen LogP contribution in [-0.2, 0) is 0 Å². The molecule has 0 radical (unpaired) electrons. The van der Waals surface area contributed by atoms with Gasteiger partial charge in [0.05, 0.1) is 28.6 Å². The molecule has 0 spiro atoms. The summed E-state index contributed by atoms with van der Waals surface area (Å²) < 4.78 is 4.13. The Labute approximate surface area is 162 Å². The maximum atomic E-state index is 9.21. The Balaban J connectivity index is 1.62. The van der Waals surface area contributed by atoms with E-state index in [1.165, 1.54) is 0 Å². The van der Waals surface area contributed by atoms with Gasteiger partial charge in [0, 0.05) is 37.6 Å². The van der Waals surface area contributed by atoms with Crippen LogP contribution in [-0.4, -0.2) is 37.1 Å². The Hall–Kier alpha value is -3.72. The van der Waals surface area contributed by atoms with Crippen molar-refractivity contribution in [3.63, 3.8) is 0 Å². The molecule has 1 atom stereocenters. The molecule has 5 rings (SSSR count). The van der Waals surface area contributed by atoms with Gasteiger partial charge in [-0.25, -0.2) is 14.2 Å². The fraction of sp³-hybridized carbons (Fsp3) is 0.182. The van der Waals surface area contributed by atoms with Gasteiger partial charge in [-0.3, -0.25) is 0 Å². The van der Waals surface area contributed by atoms with Gasteiger partial charge in [-0.15, -0.1) is 0 Å². The maximum Gasteiger partial charge on any atom is 0.225 e. The summed E-state index contributed by atoms with van der Waals surface area (Å²) in [6.07, 6.45) is 11.4. The lowest BCUT2D eigenvalue weighted by Gasteiger charge is -2.15. The average Bonchev–Trinajstić information content (AvgIpc) is 3.45. The lowest BCUT2D eigenvalue weighted by atomic mass is 9.98. The van der Waals surface area contributed by atoms with Crippen LogP contribution in [0.1, 0.15) is 12.8 Å². The highest BCUT2D eigenvalue weighted by Crippen LogP contribution is 2.36. The molecule has 0 amide bonds. The Morgan fingerprint density at radius 2 is 2.11 bits per heavy atom. The van der Waals surface area contributed by atoms with E-state index in [0.29, 0.717) is 0 Å². The zero-order chi connectivity index (χ0) is 18.9. The maximum absolute atomic E-state index is 9.21. The Morgan fingerprint density at radius 3 is 2.82 bits per heavy atom. The zero-order valence-electron chi connectivity index (χ0n) is 15.3. The number of hydrogen-bond acceptors (Lipinski definition) is 3. The molecule has 0 fully saturated rings. The van der Waals surface area contributed by atoms with Gasteiger partial charge in [0.2, 0.25) is 5.69 Å². The van der Waals surface area contributed by atoms with E-state index in [0.717, 1.165) is 52.9 Å². The first kappa shape index (κ1) is 16.5. The van der Waals surface area contributed by atoms with Crippen LogP contribution in [0.3, 0.4) is 0 Å². The third-order valence-electron chi connectivity index (χ3n) is 5.30. The minimum Gasteiger partial charge on any atom is -0.346 e. The highest BCUT2D eigenvalue weighted by molar-refractivity contribution is 5.94. The van der Waals surface area contributed by atoms with Gasteiger partial charge < -0.3 is 4.98 Å². The first-order chi connectivity index (χ1) is 13.8. The molecular weight excluding hydrogens is 348 g/mol. The molecule has 0 saturated carbocycles.